The van der Waals surface area contributed by atoms with Gasteiger partial charge in [0.25, 0.3) is 5.91 Å². The fourth-order valence-corrected chi connectivity index (χ4v) is 3.43. The van der Waals surface area contributed by atoms with Crippen molar-refractivity contribution in [3.63, 3.8) is 0 Å². The number of nitrogens with one attached hydrogen (secondary N) is 1. The van der Waals surface area contributed by atoms with Gasteiger partial charge in [-0.25, -0.2) is 0 Å². The maximum Gasteiger partial charge on any atom is 0.255 e. The summed E-state index contributed by atoms with van der Waals surface area (Å²) in [7, 11) is 3.97. The molecule has 1 aliphatic heterocycles. The second kappa shape index (κ2) is 8.37. The van der Waals surface area contributed by atoms with E-state index < -0.39 is 0 Å². The number of piperidine rings is 1. The largest absolute Gasteiger partial charge is 0.378 e. The normalized spacial score (nSPS) is 17.7. The number of likely N-dealkylation sites (tertiary alicyclic amines) is 1. The Hall–Kier alpha value is -2.33. The molecule has 0 aliphatic carbocycles. The third kappa shape index (κ3) is 4.64. The molecule has 0 spiro atoms. The van der Waals surface area contributed by atoms with Crippen molar-refractivity contribution in [1.82, 2.24) is 4.90 Å². The van der Waals surface area contributed by atoms with Crippen LogP contribution in [0.2, 0.25) is 0 Å². The van der Waals surface area contributed by atoms with Crippen molar-refractivity contribution in [3.8, 4) is 0 Å². The minimum Gasteiger partial charge on any atom is -0.378 e. The second-order valence-electron chi connectivity index (χ2n) is 7.41. The molecular weight excluding hydrogens is 322 g/mol. The van der Waals surface area contributed by atoms with Crippen molar-refractivity contribution >= 4 is 17.3 Å². The van der Waals surface area contributed by atoms with Crippen LogP contribution in [0.3, 0.4) is 0 Å². The molecule has 2 aromatic carbocycles. The van der Waals surface area contributed by atoms with Crippen LogP contribution in [0.25, 0.3) is 0 Å². The van der Waals surface area contributed by atoms with Gasteiger partial charge in [-0.2, -0.15) is 0 Å². The van der Waals surface area contributed by atoms with E-state index in [-0.39, 0.29) is 5.91 Å². The predicted molar refractivity (Wildman–Crippen MR) is 109 cm³/mol. The van der Waals surface area contributed by atoms with Crippen molar-refractivity contribution < 1.29 is 4.79 Å². The molecule has 0 saturated carbocycles. The minimum atomic E-state index is -0.0762. The number of nitrogens with zero attached hydrogens (tertiary/aromatic N) is 2. The monoisotopic (exact) mass is 351 g/mol. The Morgan fingerprint density at radius 1 is 1.08 bits per heavy atom. The Balaban J connectivity index is 1.59. The highest BCUT2D eigenvalue weighted by Crippen LogP contribution is 2.20. The lowest BCUT2D eigenvalue weighted by Gasteiger charge is -2.33. The number of hydrogen-bond acceptors (Lipinski definition) is 3. The molecule has 1 aliphatic rings. The van der Waals surface area contributed by atoms with Crippen LogP contribution in [0, 0.1) is 0 Å². The quantitative estimate of drug-likeness (QED) is 0.868. The van der Waals surface area contributed by atoms with E-state index in [1.807, 2.05) is 55.4 Å². The zero-order valence-corrected chi connectivity index (χ0v) is 16.0. The molecule has 0 aromatic heterocycles. The number of hydrogen-bond donors (Lipinski definition) is 1. The molecule has 3 rings (SSSR count). The van der Waals surface area contributed by atoms with Crippen LogP contribution in [0.4, 0.5) is 11.4 Å². The summed E-state index contributed by atoms with van der Waals surface area (Å²) in [5.41, 5.74) is 3.88. The first kappa shape index (κ1) is 18.5. The Morgan fingerprint density at radius 2 is 1.77 bits per heavy atom. The van der Waals surface area contributed by atoms with Crippen molar-refractivity contribution in [2.24, 2.45) is 0 Å². The highest BCUT2D eigenvalue weighted by atomic mass is 16.1. The minimum absolute atomic E-state index is 0.0762. The molecule has 4 heteroatoms. The van der Waals surface area contributed by atoms with Crippen molar-refractivity contribution in [1.29, 1.82) is 0 Å². The SMILES string of the molecule is CC1CCCCN1Cc1ccc(NC(=O)c2ccc(N(C)C)cc2)cc1. The fourth-order valence-electron chi connectivity index (χ4n) is 3.43. The molecule has 0 radical (unpaired) electrons. The topological polar surface area (TPSA) is 35.6 Å². The summed E-state index contributed by atoms with van der Waals surface area (Å²) in [6, 6.07) is 16.5. The smallest absolute Gasteiger partial charge is 0.255 e. The Labute approximate surface area is 156 Å². The molecule has 1 N–H and O–H groups in total. The number of carbonyl (C=O) groups excluding carboxylic acids is 1. The van der Waals surface area contributed by atoms with Gasteiger partial charge in [0.1, 0.15) is 0 Å². The Kier molecular flexibility index (Phi) is 5.94. The van der Waals surface area contributed by atoms with E-state index in [0.29, 0.717) is 11.6 Å². The van der Waals surface area contributed by atoms with Gasteiger partial charge >= 0.3 is 0 Å². The third-order valence-corrected chi connectivity index (χ3v) is 5.18. The van der Waals surface area contributed by atoms with E-state index >= 15 is 0 Å². The van der Waals surface area contributed by atoms with Crippen LogP contribution in [0.15, 0.2) is 48.5 Å². The first-order chi connectivity index (χ1) is 12.5. The molecule has 1 amide bonds. The molecule has 26 heavy (non-hydrogen) atoms. The lowest BCUT2D eigenvalue weighted by atomic mass is 10.0. The summed E-state index contributed by atoms with van der Waals surface area (Å²) >= 11 is 0. The summed E-state index contributed by atoms with van der Waals surface area (Å²) < 4.78 is 0. The van der Waals surface area contributed by atoms with Crippen LogP contribution in [0.5, 0.6) is 0 Å². The van der Waals surface area contributed by atoms with Crippen molar-refractivity contribution in [2.75, 3.05) is 30.9 Å². The van der Waals surface area contributed by atoms with Gasteiger partial charge in [0.15, 0.2) is 0 Å². The first-order valence-corrected chi connectivity index (χ1v) is 9.44. The molecule has 1 heterocycles. The number of carbonyl (C=O) groups is 1. The molecule has 1 saturated heterocycles. The lowest BCUT2D eigenvalue weighted by molar-refractivity contribution is 0.102. The van der Waals surface area contributed by atoms with Crippen LogP contribution >= 0.6 is 0 Å². The average Bonchev–Trinajstić information content (AvgIpc) is 2.65. The van der Waals surface area contributed by atoms with Gasteiger partial charge in [0, 0.05) is 43.6 Å². The highest BCUT2D eigenvalue weighted by Gasteiger charge is 2.18. The van der Waals surface area contributed by atoms with Gasteiger partial charge in [0.2, 0.25) is 0 Å². The molecule has 4 nitrogen and oxygen atoms in total. The standard InChI is InChI=1S/C22H29N3O/c1-17-6-4-5-15-25(17)16-18-7-11-20(12-8-18)23-22(26)19-9-13-21(14-10-19)24(2)3/h7-14,17H,4-6,15-16H2,1-3H3,(H,23,26). The molecule has 1 unspecified atom stereocenters. The summed E-state index contributed by atoms with van der Waals surface area (Å²) in [5, 5.41) is 2.98. The van der Waals surface area contributed by atoms with E-state index in [1.54, 1.807) is 0 Å². The maximum atomic E-state index is 12.4. The third-order valence-electron chi connectivity index (χ3n) is 5.18. The van der Waals surface area contributed by atoms with E-state index in [2.05, 4.69) is 29.3 Å². The van der Waals surface area contributed by atoms with Gasteiger partial charge < -0.3 is 10.2 Å². The maximum absolute atomic E-state index is 12.4. The van der Waals surface area contributed by atoms with E-state index in [0.717, 1.165) is 17.9 Å². The summed E-state index contributed by atoms with van der Waals surface area (Å²) in [4.78, 5) is 17.0. The molecule has 0 bridgehead atoms. The first-order valence-electron chi connectivity index (χ1n) is 9.44. The number of anilines is 2. The lowest BCUT2D eigenvalue weighted by Crippen LogP contribution is -2.36. The Morgan fingerprint density at radius 3 is 2.38 bits per heavy atom. The average molecular weight is 351 g/mol. The molecule has 1 atom stereocenters. The molecule has 138 valence electrons. The Bertz CT molecular complexity index is 722. The predicted octanol–water partition coefficient (Wildman–Crippen LogP) is 4.38. The molecular formula is C22H29N3O. The van der Waals surface area contributed by atoms with E-state index in [4.69, 9.17) is 0 Å². The number of amides is 1. The van der Waals surface area contributed by atoms with E-state index in [9.17, 15) is 4.79 Å². The second-order valence-corrected chi connectivity index (χ2v) is 7.41. The van der Waals surface area contributed by atoms with Crippen LogP contribution in [-0.2, 0) is 6.54 Å². The van der Waals surface area contributed by atoms with Crippen molar-refractivity contribution in [2.45, 2.75) is 38.8 Å². The van der Waals surface area contributed by atoms with Crippen molar-refractivity contribution in [3.05, 3.63) is 59.7 Å². The fraction of sp³-hybridized carbons (Fsp3) is 0.409. The summed E-state index contributed by atoms with van der Waals surface area (Å²) in [6.45, 7) is 4.49. The number of benzene rings is 2. The van der Waals surface area contributed by atoms with Gasteiger partial charge in [-0.15, -0.1) is 0 Å². The van der Waals surface area contributed by atoms with Gasteiger partial charge in [-0.05, 0) is 68.3 Å². The van der Waals surface area contributed by atoms with Crippen LogP contribution in [-0.4, -0.2) is 37.5 Å². The molecule has 2 aromatic rings. The van der Waals surface area contributed by atoms with Gasteiger partial charge in [-0.3, -0.25) is 9.69 Å². The van der Waals surface area contributed by atoms with Gasteiger partial charge in [-0.1, -0.05) is 18.6 Å². The van der Waals surface area contributed by atoms with E-state index in [1.165, 1.54) is 31.4 Å². The summed E-state index contributed by atoms with van der Waals surface area (Å²) in [6.07, 6.45) is 3.93. The van der Waals surface area contributed by atoms with Crippen LogP contribution in [0.1, 0.15) is 42.1 Å². The van der Waals surface area contributed by atoms with Gasteiger partial charge in [0.05, 0.1) is 0 Å². The molecule has 1 fully saturated rings. The van der Waals surface area contributed by atoms with Crippen LogP contribution < -0.4 is 10.2 Å². The highest BCUT2D eigenvalue weighted by molar-refractivity contribution is 6.04. The summed E-state index contributed by atoms with van der Waals surface area (Å²) in [5.74, 6) is -0.0762. The zero-order valence-electron chi connectivity index (χ0n) is 16.0. The number of rotatable bonds is 5. The zero-order chi connectivity index (χ0) is 18.5.